The molecule has 1 aliphatic rings. The Bertz CT molecular complexity index is 798. The summed E-state index contributed by atoms with van der Waals surface area (Å²) in [6.45, 7) is 4.08. The number of rotatable bonds is 3. The van der Waals surface area contributed by atoms with Crippen molar-refractivity contribution >= 4 is 47.3 Å². The third-order valence-corrected chi connectivity index (χ3v) is 4.97. The molecule has 1 heterocycles. The van der Waals surface area contributed by atoms with Gasteiger partial charge in [-0.25, -0.2) is 4.79 Å². The van der Waals surface area contributed by atoms with Crippen molar-refractivity contribution in [3.05, 3.63) is 63.1 Å². The number of halogens is 3. The molecule has 4 nitrogen and oxygen atoms in total. The van der Waals surface area contributed by atoms with Crippen LogP contribution >= 0.6 is 35.6 Å². The van der Waals surface area contributed by atoms with Crippen molar-refractivity contribution in [2.24, 2.45) is 0 Å². The number of nitrogens with zero attached hydrogens (tertiary/aromatic N) is 1. The van der Waals surface area contributed by atoms with E-state index in [2.05, 4.69) is 22.6 Å². The summed E-state index contributed by atoms with van der Waals surface area (Å²) in [5.74, 6) is 0.0862. The van der Waals surface area contributed by atoms with Crippen molar-refractivity contribution in [2.45, 2.75) is 19.4 Å². The van der Waals surface area contributed by atoms with Crippen molar-refractivity contribution in [3.63, 3.8) is 0 Å². The van der Waals surface area contributed by atoms with Crippen LogP contribution in [0.15, 0.2) is 36.4 Å². The van der Waals surface area contributed by atoms with Crippen LogP contribution in [-0.4, -0.2) is 31.1 Å². The molecule has 2 N–H and O–H groups in total. The highest BCUT2D eigenvalue weighted by molar-refractivity contribution is 6.35. The summed E-state index contributed by atoms with van der Waals surface area (Å²) in [6, 6.07) is 11.4. The minimum atomic E-state index is -0.205. The standard InChI is InChI=1S/C19H21Cl2N3O.ClH/c1-3-22-19(25)23-18-7-5-4-6-13(18)15-10-24(2)11-16-14(15)8-12(20)9-17(16)21;/h4-9,15H,3,10-11H2,1-2H3,(H2,22,23,25);1H. The molecule has 0 fully saturated rings. The van der Waals surface area contributed by atoms with Gasteiger partial charge in [0.05, 0.1) is 0 Å². The number of carbonyl (C=O) groups excluding carboxylic acids is 1. The normalized spacial score (nSPS) is 16.4. The number of carbonyl (C=O) groups is 1. The van der Waals surface area contributed by atoms with Gasteiger partial charge < -0.3 is 15.5 Å². The van der Waals surface area contributed by atoms with Crippen LogP contribution in [0.25, 0.3) is 0 Å². The third kappa shape index (κ3) is 4.44. The zero-order chi connectivity index (χ0) is 18.0. The molecule has 2 aromatic rings. The molecule has 26 heavy (non-hydrogen) atoms. The number of nitrogens with one attached hydrogen (secondary N) is 2. The zero-order valence-electron chi connectivity index (χ0n) is 14.7. The first kappa shape index (κ1) is 20.8. The van der Waals surface area contributed by atoms with E-state index in [9.17, 15) is 4.79 Å². The van der Waals surface area contributed by atoms with Gasteiger partial charge in [-0.05, 0) is 48.9 Å². The van der Waals surface area contributed by atoms with Gasteiger partial charge in [-0.1, -0.05) is 41.4 Å². The number of benzene rings is 2. The first-order chi connectivity index (χ1) is 12.0. The van der Waals surface area contributed by atoms with Crippen LogP contribution in [0.2, 0.25) is 10.0 Å². The van der Waals surface area contributed by atoms with Gasteiger partial charge in [0.1, 0.15) is 0 Å². The predicted molar refractivity (Wildman–Crippen MR) is 111 cm³/mol. The van der Waals surface area contributed by atoms with E-state index < -0.39 is 0 Å². The first-order valence-corrected chi connectivity index (χ1v) is 9.05. The van der Waals surface area contributed by atoms with Crippen LogP contribution in [0.4, 0.5) is 10.5 Å². The van der Waals surface area contributed by atoms with E-state index in [-0.39, 0.29) is 24.4 Å². The lowest BCUT2D eigenvalue weighted by Crippen LogP contribution is -2.33. The van der Waals surface area contributed by atoms with Crippen molar-refractivity contribution in [1.29, 1.82) is 0 Å². The first-order valence-electron chi connectivity index (χ1n) is 8.29. The van der Waals surface area contributed by atoms with Crippen LogP contribution in [0, 0.1) is 0 Å². The number of fused-ring (bicyclic) bond motifs is 1. The van der Waals surface area contributed by atoms with Gasteiger partial charge in [0.2, 0.25) is 0 Å². The maximum absolute atomic E-state index is 12.0. The number of urea groups is 1. The van der Waals surface area contributed by atoms with E-state index in [1.54, 1.807) is 6.07 Å². The average Bonchev–Trinajstić information content (AvgIpc) is 2.56. The lowest BCUT2D eigenvalue weighted by atomic mass is 9.84. The van der Waals surface area contributed by atoms with Crippen LogP contribution in [0.3, 0.4) is 0 Å². The molecular weight excluding hydrogens is 393 g/mol. The molecule has 0 aliphatic carbocycles. The maximum Gasteiger partial charge on any atom is 0.319 e. The minimum Gasteiger partial charge on any atom is -0.338 e. The molecule has 1 atom stereocenters. The van der Waals surface area contributed by atoms with Crippen LogP contribution in [0.5, 0.6) is 0 Å². The highest BCUT2D eigenvalue weighted by Crippen LogP contribution is 2.40. The molecule has 0 bridgehead atoms. The van der Waals surface area contributed by atoms with Crippen LogP contribution < -0.4 is 10.6 Å². The average molecular weight is 415 g/mol. The van der Waals surface area contributed by atoms with Gasteiger partial charge in [0.15, 0.2) is 0 Å². The maximum atomic E-state index is 12.0. The summed E-state index contributed by atoms with van der Waals surface area (Å²) in [5, 5.41) is 7.04. The second kappa shape index (κ2) is 8.96. The van der Waals surface area contributed by atoms with E-state index in [1.165, 1.54) is 0 Å². The van der Waals surface area contributed by atoms with Gasteiger partial charge in [0, 0.05) is 41.3 Å². The van der Waals surface area contributed by atoms with Crippen LogP contribution in [0.1, 0.15) is 29.5 Å². The molecule has 1 unspecified atom stereocenters. The summed E-state index contributed by atoms with van der Waals surface area (Å²) in [5.41, 5.74) is 4.08. The van der Waals surface area contributed by atoms with Crippen molar-refractivity contribution in [1.82, 2.24) is 10.2 Å². The smallest absolute Gasteiger partial charge is 0.319 e. The second-order valence-electron chi connectivity index (χ2n) is 6.28. The largest absolute Gasteiger partial charge is 0.338 e. The summed E-state index contributed by atoms with van der Waals surface area (Å²) in [6.07, 6.45) is 0. The molecule has 0 saturated heterocycles. The molecule has 3 rings (SSSR count). The fourth-order valence-electron chi connectivity index (χ4n) is 3.35. The van der Waals surface area contributed by atoms with E-state index in [0.717, 1.165) is 35.5 Å². The van der Waals surface area contributed by atoms with E-state index >= 15 is 0 Å². The van der Waals surface area contributed by atoms with E-state index in [4.69, 9.17) is 23.2 Å². The van der Waals surface area contributed by atoms with Crippen LogP contribution in [-0.2, 0) is 6.54 Å². The summed E-state index contributed by atoms with van der Waals surface area (Å²) < 4.78 is 0. The summed E-state index contributed by atoms with van der Waals surface area (Å²) >= 11 is 12.7. The highest BCUT2D eigenvalue weighted by atomic mass is 35.5. The fraction of sp³-hybridized carbons (Fsp3) is 0.316. The lowest BCUT2D eigenvalue weighted by molar-refractivity contribution is 0.252. The number of hydrogen-bond donors (Lipinski definition) is 2. The van der Waals surface area contributed by atoms with Gasteiger partial charge in [-0.3, -0.25) is 0 Å². The second-order valence-corrected chi connectivity index (χ2v) is 7.12. The Balaban J connectivity index is 0.00000243. The van der Waals surface area contributed by atoms with Gasteiger partial charge >= 0.3 is 6.03 Å². The summed E-state index contributed by atoms with van der Waals surface area (Å²) in [7, 11) is 2.07. The molecule has 2 aromatic carbocycles. The van der Waals surface area contributed by atoms with E-state index in [0.29, 0.717) is 16.6 Å². The molecule has 0 radical (unpaired) electrons. The molecule has 0 aromatic heterocycles. The highest BCUT2D eigenvalue weighted by Gasteiger charge is 2.28. The Labute approximate surface area is 170 Å². The Kier molecular flexibility index (Phi) is 7.18. The topological polar surface area (TPSA) is 44.4 Å². The minimum absolute atomic E-state index is 0. The number of likely N-dealkylation sites (N-methyl/N-ethyl adjacent to an activating group) is 1. The molecular formula is C19H22Cl3N3O. The molecule has 1 aliphatic heterocycles. The number of anilines is 1. The monoisotopic (exact) mass is 413 g/mol. The third-order valence-electron chi connectivity index (χ3n) is 4.41. The Morgan fingerprint density at radius 2 is 1.96 bits per heavy atom. The lowest BCUT2D eigenvalue weighted by Gasteiger charge is -2.34. The van der Waals surface area contributed by atoms with Gasteiger partial charge in [-0.2, -0.15) is 0 Å². The van der Waals surface area contributed by atoms with E-state index in [1.807, 2.05) is 37.3 Å². The zero-order valence-corrected chi connectivity index (χ0v) is 17.0. The van der Waals surface area contributed by atoms with Crippen molar-refractivity contribution in [3.8, 4) is 0 Å². The molecule has 0 spiro atoms. The molecule has 0 saturated carbocycles. The number of para-hydroxylation sites is 1. The van der Waals surface area contributed by atoms with Crippen molar-refractivity contribution < 1.29 is 4.79 Å². The van der Waals surface area contributed by atoms with Gasteiger partial charge in [0.25, 0.3) is 0 Å². The molecule has 2 amide bonds. The number of hydrogen-bond acceptors (Lipinski definition) is 2. The Morgan fingerprint density at radius 1 is 1.23 bits per heavy atom. The molecule has 140 valence electrons. The number of amides is 2. The molecule has 7 heteroatoms. The Hall–Kier alpha value is -1.46. The SMILES string of the molecule is CCNC(=O)Nc1ccccc1C1CN(C)Cc2c(Cl)cc(Cl)cc21.Cl. The summed E-state index contributed by atoms with van der Waals surface area (Å²) in [4.78, 5) is 14.2. The Morgan fingerprint density at radius 3 is 2.69 bits per heavy atom. The van der Waals surface area contributed by atoms with Crippen molar-refractivity contribution in [2.75, 3.05) is 25.5 Å². The quantitative estimate of drug-likeness (QED) is 0.731. The van der Waals surface area contributed by atoms with Gasteiger partial charge in [-0.15, -0.1) is 12.4 Å². The fourth-order valence-corrected chi connectivity index (χ4v) is 3.92. The predicted octanol–water partition coefficient (Wildman–Crippen LogP) is 5.13.